The highest BCUT2D eigenvalue weighted by Crippen LogP contribution is 2.12. The highest BCUT2D eigenvalue weighted by atomic mass is 35.5. The summed E-state index contributed by atoms with van der Waals surface area (Å²) in [6.45, 7) is 5.92. The van der Waals surface area contributed by atoms with Crippen molar-refractivity contribution in [1.29, 1.82) is 0 Å². The van der Waals surface area contributed by atoms with E-state index < -0.39 is 0 Å². The minimum atomic E-state index is -0.167. The first-order chi connectivity index (χ1) is 7.38. The maximum atomic E-state index is 11.6. The van der Waals surface area contributed by atoms with Crippen LogP contribution >= 0.6 is 12.4 Å². The first-order valence-corrected chi connectivity index (χ1v) is 5.53. The van der Waals surface area contributed by atoms with Gasteiger partial charge >= 0.3 is 0 Å². The van der Waals surface area contributed by atoms with Gasteiger partial charge in [-0.25, -0.2) is 0 Å². The van der Waals surface area contributed by atoms with Gasteiger partial charge in [-0.2, -0.15) is 0 Å². The minimum Gasteiger partial charge on any atom is -0.399 e. The number of halogens is 1. The first-order valence-electron chi connectivity index (χ1n) is 5.53. The molecule has 0 fully saturated rings. The lowest BCUT2D eigenvalue weighted by Gasteiger charge is -2.20. The van der Waals surface area contributed by atoms with Crippen molar-refractivity contribution in [2.75, 3.05) is 5.73 Å². The monoisotopic (exact) mass is 256 g/mol. The molecule has 3 N–H and O–H groups in total. The van der Waals surface area contributed by atoms with Crippen LogP contribution in [0.15, 0.2) is 24.3 Å². The van der Waals surface area contributed by atoms with Crippen LogP contribution in [0.2, 0.25) is 0 Å². The highest BCUT2D eigenvalue weighted by molar-refractivity contribution is 5.85. The fourth-order valence-electron chi connectivity index (χ4n) is 1.49. The van der Waals surface area contributed by atoms with Crippen molar-refractivity contribution in [2.24, 2.45) is 0 Å². The molecule has 0 heterocycles. The Kier molecular flexibility index (Phi) is 6.03. The maximum absolute atomic E-state index is 11.6. The summed E-state index contributed by atoms with van der Waals surface area (Å²) in [4.78, 5) is 11.6. The van der Waals surface area contributed by atoms with Crippen molar-refractivity contribution in [1.82, 2.24) is 5.32 Å². The Labute approximate surface area is 109 Å². The molecule has 0 bridgehead atoms. The lowest BCUT2D eigenvalue weighted by Crippen LogP contribution is -2.40. The molecule has 0 spiro atoms. The van der Waals surface area contributed by atoms with Crippen LogP contribution in [0.1, 0.15) is 32.8 Å². The van der Waals surface area contributed by atoms with Crippen LogP contribution in [-0.4, -0.2) is 11.4 Å². The molecule has 1 amide bonds. The van der Waals surface area contributed by atoms with Gasteiger partial charge in [0.15, 0.2) is 0 Å². The van der Waals surface area contributed by atoms with Crippen molar-refractivity contribution in [3.63, 3.8) is 0 Å². The van der Waals surface area contributed by atoms with Gasteiger partial charge in [0, 0.05) is 17.6 Å². The quantitative estimate of drug-likeness (QED) is 0.817. The average molecular weight is 257 g/mol. The van der Waals surface area contributed by atoms with Crippen molar-refractivity contribution < 1.29 is 4.79 Å². The molecule has 0 atom stereocenters. The van der Waals surface area contributed by atoms with Crippen LogP contribution in [0.25, 0.3) is 0 Å². The minimum absolute atomic E-state index is 0. The van der Waals surface area contributed by atoms with Crippen LogP contribution in [0.5, 0.6) is 0 Å². The van der Waals surface area contributed by atoms with Crippen molar-refractivity contribution in [3.05, 3.63) is 29.8 Å². The van der Waals surface area contributed by atoms with E-state index >= 15 is 0 Å². The van der Waals surface area contributed by atoms with E-state index in [1.807, 2.05) is 45.0 Å². The van der Waals surface area contributed by atoms with E-state index in [-0.39, 0.29) is 23.9 Å². The molecule has 0 aromatic heterocycles. The number of anilines is 1. The Morgan fingerprint density at radius 3 is 2.41 bits per heavy atom. The Hall–Kier alpha value is -1.22. The Balaban J connectivity index is 0.00000256. The molecule has 4 heteroatoms. The third kappa shape index (κ3) is 6.17. The molecule has 0 aliphatic carbocycles. The van der Waals surface area contributed by atoms with Gasteiger partial charge in [-0.1, -0.05) is 18.2 Å². The average Bonchev–Trinajstić information content (AvgIpc) is 2.14. The number of aryl methyl sites for hydroxylation is 1. The van der Waals surface area contributed by atoms with Crippen LogP contribution in [0.4, 0.5) is 5.69 Å². The Bertz CT molecular complexity index is 372. The van der Waals surface area contributed by atoms with E-state index in [1.54, 1.807) is 0 Å². The number of amides is 1. The second kappa shape index (κ2) is 6.50. The van der Waals surface area contributed by atoms with E-state index in [0.29, 0.717) is 12.8 Å². The topological polar surface area (TPSA) is 55.1 Å². The van der Waals surface area contributed by atoms with E-state index in [9.17, 15) is 4.79 Å². The molecule has 0 aliphatic rings. The number of benzene rings is 1. The number of nitrogens with two attached hydrogens (primary N) is 1. The summed E-state index contributed by atoms with van der Waals surface area (Å²) >= 11 is 0. The highest BCUT2D eigenvalue weighted by Gasteiger charge is 2.13. The SMILES string of the molecule is CC(C)(C)NC(=O)CCc1ccccc1N.Cl. The zero-order valence-corrected chi connectivity index (χ0v) is 11.4. The number of carbonyl (C=O) groups is 1. The fourth-order valence-corrected chi connectivity index (χ4v) is 1.49. The largest absolute Gasteiger partial charge is 0.399 e. The maximum Gasteiger partial charge on any atom is 0.220 e. The van der Waals surface area contributed by atoms with E-state index in [4.69, 9.17) is 5.73 Å². The summed E-state index contributed by atoms with van der Waals surface area (Å²) in [5.74, 6) is 0.0655. The summed E-state index contributed by atoms with van der Waals surface area (Å²) in [5.41, 5.74) is 7.42. The molecular formula is C13H21ClN2O. The summed E-state index contributed by atoms with van der Waals surface area (Å²) in [7, 11) is 0. The summed E-state index contributed by atoms with van der Waals surface area (Å²) in [6, 6.07) is 7.65. The van der Waals surface area contributed by atoms with Crippen LogP contribution in [0.3, 0.4) is 0 Å². The lowest BCUT2D eigenvalue weighted by molar-refractivity contribution is -0.122. The number of para-hydroxylation sites is 1. The zero-order valence-electron chi connectivity index (χ0n) is 10.6. The number of nitrogens with one attached hydrogen (secondary N) is 1. The molecule has 3 nitrogen and oxygen atoms in total. The summed E-state index contributed by atoms with van der Waals surface area (Å²) in [6.07, 6.45) is 1.17. The number of hydrogen-bond acceptors (Lipinski definition) is 2. The fraction of sp³-hybridized carbons (Fsp3) is 0.462. The second-order valence-corrected chi connectivity index (χ2v) is 5.00. The Morgan fingerprint density at radius 2 is 1.88 bits per heavy atom. The van der Waals surface area contributed by atoms with Crippen molar-refractivity contribution in [2.45, 2.75) is 39.2 Å². The van der Waals surface area contributed by atoms with Crippen LogP contribution in [0, 0.1) is 0 Å². The molecule has 1 aromatic rings. The van der Waals surface area contributed by atoms with Gasteiger partial charge in [0.25, 0.3) is 0 Å². The zero-order chi connectivity index (χ0) is 12.2. The molecular weight excluding hydrogens is 236 g/mol. The number of nitrogen functional groups attached to an aromatic ring is 1. The molecule has 1 aromatic carbocycles. The standard InChI is InChI=1S/C13H20N2O.ClH/c1-13(2,3)15-12(16)9-8-10-6-4-5-7-11(10)14;/h4-7H,8-9,14H2,1-3H3,(H,15,16);1H. The smallest absolute Gasteiger partial charge is 0.220 e. The van der Waals surface area contributed by atoms with Gasteiger partial charge in [-0.3, -0.25) is 4.79 Å². The van der Waals surface area contributed by atoms with Crippen LogP contribution in [-0.2, 0) is 11.2 Å². The van der Waals surface area contributed by atoms with E-state index in [2.05, 4.69) is 5.32 Å². The number of rotatable bonds is 3. The number of carbonyl (C=O) groups excluding carboxylic acids is 1. The molecule has 0 aliphatic heterocycles. The van der Waals surface area contributed by atoms with Crippen molar-refractivity contribution in [3.8, 4) is 0 Å². The van der Waals surface area contributed by atoms with Crippen LogP contribution < -0.4 is 11.1 Å². The van der Waals surface area contributed by atoms with Gasteiger partial charge in [0.2, 0.25) is 5.91 Å². The number of hydrogen-bond donors (Lipinski definition) is 2. The second-order valence-electron chi connectivity index (χ2n) is 5.00. The van der Waals surface area contributed by atoms with Crippen molar-refractivity contribution >= 4 is 24.0 Å². The predicted molar refractivity (Wildman–Crippen MR) is 74.3 cm³/mol. The van der Waals surface area contributed by atoms with Gasteiger partial charge in [-0.05, 0) is 38.8 Å². The summed E-state index contributed by atoms with van der Waals surface area (Å²) in [5, 5.41) is 2.93. The normalized spacial score (nSPS) is 10.5. The predicted octanol–water partition coefficient (Wildman–Crippen LogP) is 2.54. The molecule has 0 unspecified atom stereocenters. The molecule has 1 rings (SSSR count). The van der Waals surface area contributed by atoms with Gasteiger partial charge in [-0.15, -0.1) is 12.4 Å². The molecule has 96 valence electrons. The van der Waals surface area contributed by atoms with E-state index in [1.165, 1.54) is 0 Å². The third-order valence-electron chi connectivity index (χ3n) is 2.19. The molecule has 0 saturated carbocycles. The molecule has 17 heavy (non-hydrogen) atoms. The summed E-state index contributed by atoms with van der Waals surface area (Å²) < 4.78 is 0. The van der Waals surface area contributed by atoms with E-state index in [0.717, 1.165) is 11.3 Å². The molecule has 0 radical (unpaired) electrons. The van der Waals surface area contributed by atoms with Gasteiger partial charge < -0.3 is 11.1 Å². The third-order valence-corrected chi connectivity index (χ3v) is 2.19. The van der Waals surface area contributed by atoms with Gasteiger partial charge in [0.05, 0.1) is 0 Å². The lowest BCUT2D eigenvalue weighted by atomic mass is 10.1. The first kappa shape index (κ1) is 15.8. The molecule has 0 saturated heterocycles. The van der Waals surface area contributed by atoms with Gasteiger partial charge in [0.1, 0.15) is 0 Å². The Morgan fingerprint density at radius 1 is 1.29 bits per heavy atom.